The predicted octanol–water partition coefficient (Wildman–Crippen LogP) is 4.29. The molecule has 0 spiro atoms. The first-order valence-electron chi connectivity index (χ1n) is 6.54. The van der Waals surface area contributed by atoms with Crippen LogP contribution in [0.4, 0.5) is 14.5 Å². The van der Waals surface area contributed by atoms with Gasteiger partial charge in [-0.25, -0.2) is 8.78 Å². The van der Waals surface area contributed by atoms with Crippen molar-refractivity contribution in [2.24, 2.45) is 0 Å². The molecule has 2 aromatic rings. The van der Waals surface area contributed by atoms with Gasteiger partial charge in [-0.05, 0) is 42.7 Å². The summed E-state index contributed by atoms with van der Waals surface area (Å²) in [4.78, 5) is 12.4. The van der Waals surface area contributed by atoms with Crippen LogP contribution in [0.2, 0.25) is 5.02 Å². The Morgan fingerprint density at radius 3 is 2.38 bits per heavy atom. The number of benzene rings is 2. The lowest BCUT2D eigenvalue weighted by Gasteiger charge is -2.16. The highest BCUT2D eigenvalue weighted by atomic mass is 35.5. The minimum atomic E-state index is -0.663. The summed E-state index contributed by atoms with van der Waals surface area (Å²) in [6, 6.07) is 9.99. The standard InChI is InChI=1S/C16H12ClF2NO/c17-11-3-1-10(2-4-11)16(7-8-16)15(21)20-14-9-12(18)5-6-13(14)19/h1-6,9H,7-8H2,(H,20,21). The molecule has 0 atom stereocenters. The molecule has 2 aromatic carbocycles. The molecule has 5 heteroatoms. The van der Waals surface area contributed by atoms with Crippen molar-refractivity contribution in [1.29, 1.82) is 0 Å². The minimum Gasteiger partial charge on any atom is -0.323 e. The third-order valence-electron chi connectivity index (χ3n) is 3.76. The number of hydrogen-bond acceptors (Lipinski definition) is 1. The molecule has 1 amide bonds. The summed E-state index contributed by atoms with van der Waals surface area (Å²) in [5, 5.41) is 3.07. The Hall–Kier alpha value is -1.94. The van der Waals surface area contributed by atoms with Crippen molar-refractivity contribution in [3.63, 3.8) is 0 Å². The second kappa shape index (κ2) is 5.11. The summed E-state index contributed by atoms with van der Waals surface area (Å²) in [5.74, 6) is -1.57. The molecule has 0 radical (unpaired) electrons. The van der Waals surface area contributed by atoms with Crippen molar-refractivity contribution >= 4 is 23.2 Å². The van der Waals surface area contributed by atoms with E-state index in [2.05, 4.69) is 5.32 Å². The van der Waals surface area contributed by atoms with Crippen molar-refractivity contribution in [3.05, 3.63) is 64.7 Å². The SMILES string of the molecule is O=C(Nc1cc(F)ccc1F)C1(c2ccc(Cl)cc2)CC1. The van der Waals surface area contributed by atoms with Gasteiger partial charge in [0.15, 0.2) is 0 Å². The van der Waals surface area contributed by atoms with E-state index in [0.717, 1.165) is 23.8 Å². The van der Waals surface area contributed by atoms with E-state index in [4.69, 9.17) is 11.6 Å². The molecule has 1 aliphatic rings. The predicted molar refractivity (Wildman–Crippen MR) is 77.4 cm³/mol. The van der Waals surface area contributed by atoms with Crippen LogP contribution in [0.15, 0.2) is 42.5 Å². The van der Waals surface area contributed by atoms with Crippen LogP contribution < -0.4 is 5.32 Å². The van der Waals surface area contributed by atoms with Gasteiger partial charge in [0, 0.05) is 11.1 Å². The Bertz CT molecular complexity index is 696. The van der Waals surface area contributed by atoms with E-state index >= 15 is 0 Å². The van der Waals surface area contributed by atoms with Crippen LogP contribution in [0.25, 0.3) is 0 Å². The van der Waals surface area contributed by atoms with Crippen molar-refractivity contribution in [3.8, 4) is 0 Å². The molecule has 2 nitrogen and oxygen atoms in total. The second-order valence-corrected chi connectivity index (χ2v) is 5.60. The van der Waals surface area contributed by atoms with Gasteiger partial charge in [-0.15, -0.1) is 0 Å². The number of amides is 1. The zero-order valence-corrected chi connectivity index (χ0v) is 11.8. The molecule has 0 bridgehead atoms. The molecule has 0 aromatic heterocycles. The van der Waals surface area contributed by atoms with Crippen LogP contribution in [0.3, 0.4) is 0 Å². The number of halogens is 3. The highest BCUT2D eigenvalue weighted by molar-refractivity contribution is 6.30. The molecule has 0 aliphatic heterocycles. The molecule has 0 saturated heterocycles. The third kappa shape index (κ3) is 2.63. The number of nitrogens with one attached hydrogen (secondary N) is 1. The van der Waals surface area contributed by atoms with Crippen molar-refractivity contribution in [1.82, 2.24) is 0 Å². The number of carbonyl (C=O) groups is 1. The normalized spacial score (nSPS) is 15.6. The zero-order valence-electron chi connectivity index (χ0n) is 11.0. The van der Waals surface area contributed by atoms with E-state index < -0.39 is 17.0 Å². The Balaban J connectivity index is 1.85. The molecule has 1 aliphatic carbocycles. The van der Waals surface area contributed by atoms with E-state index in [-0.39, 0.29) is 11.6 Å². The average molecular weight is 308 g/mol. The fraction of sp³-hybridized carbons (Fsp3) is 0.188. The fourth-order valence-corrected chi connectivity index (χ4v) is 2.50. The van der Waals surface area contributed by atoms with Crippen molar-refractivity contribution < 1.29 is 13.6 Å². The van der Waals surface area contributed by atoms with Gasteiger partial charge in [-0.1, -0.05) is 23.7 Å². The van der Waals surface area contributed by atoms with Crippen LogP contribution >= 0.6 is 11.6 Å². The van der Waals surface area contributed by atoms with Crippen LogP contribution in [0.1, 0.15) is 18.4 Å². The van der Waals surface area contributed by atoms with Crippen molar-refractivity contribution in [2.75, 3.05) is 5.32 Å². The maximum atomic E-state index is 13.6. The zero-order chi connectivity index (χ0) is 15.0. The van der Waals surface area contributed by atoms with Gasteiger partial charge in [0.25, 0.3) is 0 Å². The van der Waals surface area contributed by atoms with Crippen LogP contribution in [-0.4, -0.2) is 5.91 Å². The lowest BCUT2D eigenvalue weighted by molar-refractivity contribution is -0.118. The third-order valence-corrected chi connectivity index (χ3v) is 4.01. The summed E-state index contributed by atoms with van der Waals surface area (Å²) in [6.07, 6.45) is 1.36. The Kier molecular flexibility index (Phi) is 3.41. The van der Waals surface area contributed by atoms with Gasteiger partial charge in [-0.3, -0.25) is 4.79 Å². The van der Waals surface area contributed by atoms with Gasteiger partial charge in [-0.2, -0.15) is 0 Å². The van der Waals surface area contributed by atoms with Crippen LogP contribution in [-0.2, 0) is 10.2 Å². The molecule has 21 heavy (non-hydrogen) atoms. The van der Waals surface area contributed by atoms with E-state index in [9.17, 15) is 13.6 Å². The van der Waals surface area contributed by atoms with Gasteiger partial charge < -0.3 is 5.32 Å². The monoisotopic (exact) mass is 307 g/mol. The molecule has 1 N–H and O–H groups in total. The van der Waals surface area contributed by atoms with Crippen molar-refractivity contribution in [2.45, 2.75) is 18.3 Å². The topological polar surface area (TPSA) is 29.1 Å². The first-order valence-corrected chi connectivity index (χ1v) is 6.92. The largest absolute Gasteiger partial charge is 0.323 e. The molecule has 0 heterocycles. The number of hydrogen-bond donors (Lipinski definition) is 1. The maximum Gasteiger partial charge on any atom is 0.235 e. The molecule has 3 rings (SSSR count). The molecule has 1 saturated carbocycles. The highest BCUT2D eigenvalue weighted by Gasteiger charge is 2.51. The first-order chi connectivity index (χ1) is 10.0. The van der Waals surface area contributed by atoms with Crippen LogP contribution in [0, 0.1) is 11.6 Å². The summed E-state index contributed by atoms with van der Waals surface area (Å²) in [6.45, 7) is 0. The Morgan fingerprint density at radius 1 is 1.10 bits per heavy atom. The Morgan fingerprint density at radius 2 is 1.76 bits per heavy atom. The van der Waals surface area contributed by atoms with E-state index in [0.29, 0.717) is 17.9 Å². The summed E-state index contributed by atoms with van der Waals surface area (Å²) < 4.78 is 26.7. The average Bonchev–Trinajstić information content (AvgIpc) is 3.25. The molecule has 1 fully saturated rings. The van der Waals surface area contributed by atoms with Gasteiger partial charge in [0.2, 0.25) is 5.91 Å². The lowest BCUT2D eigenvalue weighted by Crippen LogP contribution is -2.28. The first kappa shape index (κ1) is 14.0. The molecule has 0 unspecified atom stereocenters. The number of anilines is 1. The summed E-state index contributed by atoms with van der Waals surface area (Å²) in [7, 11) is 0. The lowest BCUT2D eigenvalue weighted by atomic mass is 9.95. The van der Waals surface area contributed by atoms with Gasteiger partial charge in [0.1, 0.15) is 11.6 Å². The highest BCUT2D eigenvalue weighted by Crippen LogP contribution is 2.49. The molecular formula is C16H12ClF2NO. The number of rotatable bonds is 3. The minimum absolute atomic E-state index is 0.139. The molecular weight excluding hydrogens is 296 g/mol. The van der Waals surface area contributed by atoms with Crippen LogP contribution in [0.5, 0.6) is 0 Å². The fourth-order valence-electron chi connectivity index (χ4n) is 2.38. The Labute approximate surface area is 125 Å². The quantitative estimate of drug-likeness (QED) is 0.900. The maximum absolute atomic E-state index is 13.6. The van der Waals surface area contributed by atoms with Gasteiger partial charge >= 0.3 is 0 Å². The summed E-state index contributed by atoms with van der Waals surface area (Å²) >= 11 is 5.84. The molecule has 108 valence electrons. The number of carbonyl (C=O) groups excluding carboxylic acids is 1. The van der Waals surface area contributed by atoms with E-state index in [1.807, 2.05) is 0 Å². The second-order valence-electron chi connectivity index (χ2n) is 5.17. The summed E-state index contributed by atoms with van der Waals surface area (Å²) in [5.41, 5.74) is 0.0324. The van der Waals surface area contributed by atoms with E-state index in [1.54, 1.807) is 24.3 Å². The van der Waals surface area contributed by atoms with E-state index in [1.165, 1.54) is 0 Å². The smallest absolute Gasteiger partial charge is 0.235 e. The van der Waals surface area contributed by atoms with Gasteiger partial charge in [0.05, 0.1) is 11.1 Å².